The zero-order valence-corrected chi connectivity index (χ0v) is 17.4. The second kappa shape index (κ2) is 9.03. The van der Waals surface area contributed by atoms with Crippen LogP contribution in [0.2, 0.25) is 0 Å². The smallest absolute Gasteiger partial charge is 0.338 e. The van der Waals surface area contributed by atoms with Crippen LogP contribution in [-0.2, 0) is 21.4 Å². The summed E-state index contributed by atoms with van der Waals surface area (Å²) in [7, 11) is -3.99. The van der Waals surface area contributed by atoms with Crippen molar-refractivity contribution in [2.75, 3.05) is 4.72 Å². The normalized spacial score (nSPS) is 11.2. The number of carbonyl (C=O) groups excluding carboxylic acids is 1. The minimum Gasteiger partial charge on any atom is -0.452 e. The summed E-state index contributed by atoms with van der Waals surface area (Å²) in [5.41, 5.74) is 1.07. The number of rotatable bonds is 7. The predicted octanol–water partition coefficient (Wildman–Crippen LogP) is 4.64. The van der Waals surface area contributed by atoms with Crippen molar-refractivity contribution in [2.45, 2.75) is 11.5 Å². The van der Waals surface area contributed by atoms with Gasteiger partial charge in [-0.25, -0.2) is 22.6 Å². The molecular weight excluding hydrogens is 435 g/mol. The number of esters is 1. The fourth-order valence-electron chi connectivity index (χ4n) is 2.85. The van der Waals surface area contributed by atoms with E-state index in [0.717, 1.165) is 17.7 Å². The van der Waals surface area contributed by atoms with Gasteiger partial charge in [0.15, 0.2) is 12.4 Å². The number of benzene rings is 3. The number of aromatic nitrogens is 1. The molecule has 4 aromatic rings. The maximum absolute atomic E-state index is 13.0. The number of halogens is 1. The Morgan fingerprint density at radius 1 is 1.00 bits per heavy atom. The van der Waals surface area contributed by atoms with E-state index in [1.54, 1.807) is 0 Å². The van der Waals surface area contributed by atoms with Crippen LogP contribution in [0.1, 0.15) is 16.2 Å². The first-order valence-electron chi connectivity index (χ1n) is 9.46. The van der Waals surface area contributed by atoms with E-state index < -0.39 is 21.8 Å². The molecule has 32 heavy (non-hydrogen) atoms. The van der Waals surface area contributed by atoms with Gasteiger partial charge in [-0.3, -0.25) is 4.72 Å². The lowest BCUT2D eigenvalue weighted by Crippen LogP contribution is -2.14. The number of hydrogen-bond donors (Lipinski definition) is 1. The Balaban J connectivity index is 1.43. The number of hydrogen-bond acceptors (Lipinski definition) is 6. The molecule has 0 saturated heterocycles. The topological polar surface area (TPSA) is 98.5 Å². The Bertz CT molecular complexity index is 1340. The van der Waals surface area contributed by atoms with E-state index in [4.69, 9.17) is 9.15 Å². The number of ether oxygens (including phenoxy) is 1. The summed E-state index contributed by atoms with van der Waals surface area (Å²) in [4.78, 5) is 16.4. The quantitative estimate of drug-likeness (QED) is 0.410. The summed E-state index contributed by atoms with van der Waals surface area (Å²) in [6.07, 6.45) is 1.53. The minimum atomic E-state index is -3.99. The lowest BCUT2D eigenvalue weighted by molar-refractivity contribution is 0.0438. The molecule has 9 heteroatoms. The van der Waals surface area contributed by atoms with Crippen molar-refractivity contribution >= 4 is 21.7 Å². The van der Waals surface area contributed by atoms with Crippen LogP contribution in [0.25, 0.3) is 11.3 Å². The fourth-order valence-corrected chi connectivity index (χ4v) is 3.95. The van der Waals surface area contributed by atoms with Crippen molar-refractivity contribution in [1.82, 2.24) is 4.98 Å². The Kier molecular flexibility index (Phi) is 6.00. The van der Waals surface area contributed by atoms with Gasteiger partial charge in [0.05, 0.1) is 16.7 Å². The molecule has 162 valence electrons. The van der Waals surface area contributed by atoms with Gasteiger partial charge in [-0.15, -0.1) is 0 Å². The maximum Gasteiger partial charge on any atom is 0.338 e. The Labute approximate surface area is 183 Å². The first-order chi connectivity index (χ1) is 15.4. The largest absolute Gasteiger partial charge is 0.452 e. The van der Waals surface area contributed by atoms with Gasteiger partial charge in [0.25, 0.3) is 10.0 Å². The second-order valence-electron chi connectivity index (χ2n) is 6.70. The third-order valence-corrected chi connectivity index (χ3v) is 5.79. The average Bonchev–Trinajstić information content (AvgIpc) is 3.29. The molecule has 0 aliphatic carbocycles. The molecule has 0 fully saturated rings. The van der Waals surface area contributed by atoms with Crippen LogP contribution >= 0.6 is 0 Å². The van der Waals surface area contributed by atoms with Gasteiger partial charge in [0.1, 0.15) is 5.82 Å². The molecule has 0 spiro atoms. The molecule has 1 N–H and O–H groups in total. The first kappa shape index (κ1) is 21.3. The predicted molar refractivity (Wildman–Crippen MR) is 115 cm³/mol. The monoisotopic (exact) mass is 452 g/mol. The van der Waals surface area contributed by atoms with E-state index in [1.165, 1.54) is 42.6 Å². The number of anilines is 1. The van der Waals surface area contributed by atoms with Gasteiger partial charge in [-0.1, -0.05) is 36.4 Å². The van der Waals surface area contributed by atoms with E-state index in [-0.39, 0.29) is 28.6 Å². The van der Waals surface area contributed by atoms with Crippen LogP contribution in [0.15, 0.2) is 94.4 Å². The number of carbonyl (C=O) groups is 1. The van der Waals surface area contributed by atoms with Crippen molar-refractivity contribution in [2.24, 2.45) is 0 Å². The second-order valence-corrected chi connectivity index (χ2v) is 8.38. The van der Waals surface area contributed by atoms with Crippen molar-refractivity contribution < 1.29 is 26.8 Å². The van der Waals surface area contributed by atoms with Gasteiger partial charge in [-0.05, 0) is 42.5 Å². The number of sulfonamides is 1. The standard InChI is InChI=1S/C23H17FN2O5S/c24-18-9-11-19(12-10-18)26-32(28,29)20-8-4-7-17(13-20)23(27)30-15-22-25-14-21(31-22)16-5-2-1-3-6-16/h1-14,26H,15H2. The molecule has 0 amide bonds. The summed E-state index contributed by atoms with van der Waals surface area (Å²) in [6, 6.07) is 19.6. The third kappa shape index (κ3) is 5.01. The van der Waals surface area contributed by atoms with Gasteiger partial charge < -0.3 is 9.15 Å². The number of nitrogens with zero attached hydrogens (tertiary/aromatic N) is 1. The molecular formula is C23H17FN2O5S. The van der Waals surface area contributed by atoms with E-state index in [1.807, 2.05) is 30.3 Å². The van der Waals surface area contributed by atoms with Crippen LogP contribution in [0, 0.1) is 5.82 Å². The summed E-state index contributed by atoms with van der Waals surface area (Å²) in [6.45, 7) is -0.212. The van der Waals surface area contributed by atoms with Crippen molar-refractivity contribution in [3.63, 3.8) is 0 Å². The highest BCUT2D eigenvalue weighted by molar-refractivity contribution is 7.92. The molecule has 0 atom stereocenters. The minimum absolute atomic E-state index is 0.0434. The van der Waals surface area contributed by atoms with Gasteiger partial charge in [-0.2, -0.15) is 0 Å². The van der Waals surface area contributed by atoms with E-state index >= 15 is 0 Å². The lowest BCUT2D eigenvalue weighted by Gasteiger charge is -2.09. The van der Waals surface area contributed by atoms with E-state index in [9.17, 15) is 17.6 Å². The molecule has 4 rings (SSSR count). The highest BCUT2D eigenvalue weighted by Gasteiger charge is 2.18. The lowest BCUT2D eigenvalue weighted by atomic mass is 10.2. The molecule has 1 heterocycles. The molecule has 0 radical (unpaired) electrons. The molecule has 0 saturated carbocycles. The highest BCUT2D eigenvalue weighted by atomic mass is 32.2. The van der Waals surface area contributed by atoms with E-state index in [0.29, 0.717) is 5.76 Å². The van der Waals surface area contributed by atoms with Crippen molar-refractivity contribution in [3.05, 3.63) is 102 Å². The summed E-state index contributed by atoms with van der Waals surface area (Å²) in [5, 5.41) is 0. The molecule has 0 aliphatic heterocycles. The first-order valence-corrected chi connectivity index (χ1v) is 10.9. The zero-order chi connectivity index (χ0) is 22.6. The Morgan fingerprint density at radius 3 is 2.50 bits per heavy atom. The van der Waals surface area contributed by atoms with Gasteiger partial charge in [0, 0.05) is 11.3 Å². The fraction of sp³-hybridized carbons (Fsp3) is 0.0435. The molecule has 1 aromatic heterocycles. The average molecular weight is 452 g/mol. The molecule has 3 aromatic carbocycles. The van der Waals surface area contributed by atoms with Crippen LogP contribution in [0.5, 0.6) is 0 Å². The summed E-state index contributed by atoms with van der Waals surface area (Å²) < 4.78 is 51.4. The highest BCUT2D eigenvalue weighted by Crippen LogP contribution is 2.21. The maximum atomic E-state index is 13.0. The van der Waals surface area contributed by atoms with E-state index in [2.05, 4.69) is 9.71 Å². The van der Waals surface area contributed by atoms with Crippen LogP contribution in [0.4, 0.5) is 10.1 Å². The van der Waals surface area contributed by atoms with Crippen LogP contribution in [-0.4, -0.2) is 19.4 Å². The van der Waals surface area contributed by atoms with Crippen molar-refractivity contribution in [3.8, 4) is 11.3 Å². The SMILES string of the molecule is O=C(OCc1ncc(-c2ccccc2)o1)c1cccc(S(=O)(=O)Nc2ccc(F)cc2)c1. The van der Waals surface area contributed by atoms with Gasteiger partial charge >= 0.3 is 5.97 Å². The molecule has 0 unspecified atom stereocenters. The zero-order valence-electron chi connectivity index (χ0n) is 16.6. The number of nitrogens with one attached hydrogen (secondary N) is 1. The molecule has 7 nitrogen and oxygen atoms in total. The Morgan fingerprint density at radius 2 is 1.75 bits per heavy atom. The molecule has 0 aliphatic rings. The summed E-state index contributed by atoms with van der Waals surface area (Å²) >= 11 is 0. The van der Waals surface area contributed by atoms with Crippen molar-refractivity contribution in [1.29, 1.82) is 0 Å². The third-order valence-electron chi connectivity index (χ3n) is 4.42. The van der Waals surface area contributed by atoms with Crippen LogP contribution in [0.3, 0.4) is 0 Å². The Hall–Kier alpha value is -3.98. The number of oxazole rings is 1. The van der Waals surface area contributed by atoms with Crippen LogP contribution < -0.4 is 4.72 Å². The summed E-state index contributed by atoms with van der Waals surface area (Å²) in [5.74, 6) is -0.474. The molecule has 0 bridgehead atoms. The van der Waals surface area contributed by atoms with Gasteiger partial charge in [0.2, 0.25) is 5.89 Å².